The van der Waals surface area contributed by atoms with E-state index in [2.05, 4.69) is 5.10 Å². The molecule has 2 rings (SSSR count). The first-order valence-electron chi connectivity index (χ1n) is 5.71. The second-order valence-corrected chi connectivity index (χ2v) is 4.11. The summed E-state index contributed by atoms with van der Waals surface area (Å²) in [7, 11) is 1.64. The molecule has 19 heavy (non-hydrogen) atoms. The number of nitrogens with two attached hydrogens (primary N) is 1. The zero-order valence-electron chi connectivity index (χ0n) is 10.6. The normalized spacial score (nSPS) is 10.7. The van der Waals surface area contributed by atoms with Crippen molar-refractivity contribution < 1.29 is 9.31 Å². The van der Waals surface area contributed by atoms with Crippen LogP contribution < -0.4 is 5.73 Å². The minimum atomic E-state index is -0.556. The third-order valence-corrected chi connectivity index (χ3v) is 2.96. The molecule has 0 aliphatic rings. The monoisotopic (exact) mass is 264 g/mol. The summed E-state index contributed by atoms with van der Waals surface area (Å²) >= 11 is 0. The summed E-state index contributed by atoms with van der Waals surface area (Å²) in [6.07, 6.45) is 0.558. The van der Waals surface area contributed by atoms with Gasteiger partial charge in [0, 0.05) is 18.7 Å². The Morgan fingerprint density at radius 2 is 2.21 bits per heavy atom. The van der Waals surface area contributed by atoms with Crippen LogP contribution in [0.1, 0.15) is 12.5 Å². The third kappa shape index (κ3) is 2.14. The van der Waals surface area contributed by atoms with E-state index >= 15 is 0 Å². The van der Waals surface area contributed by atoms with Gasteiger partial charge in [-0.05, 0) is 18.6 Å². The van der Waals surface area contributed by atoms with Crippen molar-refractivity contribution in [3.8, 4) is 11.3 Å². The molecule has 0 aliphatic carbocycles. The quantitative estimate of drug-likeness (QED) is 0.680. The summed E-state index contributed by atoms with van der Waals surface area (Å²) < 4.78 is 14.8. The van der Waals surface area contributed by atoms with E-state index in [0.29, 0.717) is 23.5 Å². The molecule has 1 aromatic carbocycles. The van der Waals surface area contributed by atoms with Gasteiger partial charge in [0.25, 0.3) is 5.69 Å². The first-order chi connectivity index (χ1) is 8.95. The zero-order valence-corrected chi connectivity index (χ0v) is 10.6. The number of aromatic nitrogens is 2. The molecule has 0 fully saturated rings. The highest BCUT2D eigenvalue weighted by atomic mass is 19.1. The van der Waals surface area contributed by atoms with Gasteiger partial charge >= 0.3 is 0 Å². The lowest BCUT2D eigenvalue weighted by molar-refractivity contribution is -0.384. The third-order valence-electron chi connectivity index (χ3n) is 2.96. The lowest BCUT2D eigenvalue weighted by Crippen LogP contribution is -1.98. The number of nitro benzene ring substituents is 1. The number of nitrogen functional groups attached to an aromatic ring is 1. The van der Waals surface area contributed by atoms with Crippen molar-refractivity contribution in [2.75, 3.05) is 5.73 Å². The van der Waals surface area contributed by atoms with Crippen molar-refractivity contribution in [2.45, 2.75) is 13.3 Å². The molecule has 1 aromatic heterocycles. The van der Waals surface area contributed by atoms with Crippen molar-refractivity contribution >= 4 is 11.5 Å². The maximum absolute atomic E-state index is 13.4. The van der Waals surface area contributed by atoms with Crippen LogP contribution in [-0.4, -0.2) is 14.7 Å². The number of anilines is 1. The average molecular weight is 264 g/mol. The Labute approximate surface area is 108 Å². The first-order valence-corrected chi connectivity index (χ1v) is 5.71. The number of rotatable bonds is 3. The predicted octanol–water partition coefficient (Wildman–Crippen LogP) is 2.28. The van der Waals surface area contributed by atoms with Crippen LogP contribution in [0.25, 0.3) is 11.3 Å². The summed E-state index contributed by atoms with van der Waals surface area (Å²) in [5, 5.41) is 15.2. The lowest BCUT2D eigenvalue weighted by atomic mass is 10.0. The van der Waals surface area contributed by atoms with E-state index in [9.17, 15) is 14.5 Å². The molecule has 0 radical (unpaired) electrons. The van der Waals surface area contributed by atoms with Gasteiger partial charge < -0.3 is 5.73 Å². The SMILES string of the molecule is CCc1c(-c2cc(F)ccc2[N+](=O)[O-])nn(C)c1N. The molecule has 2 aromatic rings. The van der Waals surface area contributed by atoms with Gasteiger partial charge in [0.05, 0.1) is 10.5 Å². The molecule has 0 bridgehead atoms. The minimum absolute atomic E-state index is 0.147. The van der Waals surface area contributed by atoms with Gasteiger partial charge in [0.15, 0.2) is 0 Å². The van der Waals surface area contributed by atoms with Crippen LogP contribution >= 0.6 is 0 Å². The maximum atomic E-state index is 13.4. The van der Waals surface area contributed by atoms with Gasteiger partial charge in [-0.2, -0.15) is 5.10 Å². The van der Waals surface area contributed by atoms with Crippen LogP contribution in [0.4, 0.5) is 15.9 Å². The fraction of sp³-hybridized carbons (Fsp3) is 0.250. The molecular weight excluding hydrogens is 251 g/mol. The summed E-state index contributed by atoms with van der Waals surface area (Å²) in [4.78, 5) is 10.5. The topological polar surface area (TPSA) is 87.0 Å². The first kappa shape index (κ1) is 13.0. The number of hydrogen-bond donors (Lipinski definition) is 1. The number of benzene rings is 1. The molecule has 0 unspecified atom stereocenters. The fourth-order valence-electron chi connectivity index (χ4n) is 2.00. The fourth-order valence-corrected chi connectivity index (χ4v) is 2.00. The van der Waals surface area contributed by atoms with Crippen molar-refractivity contribution in [1.29, 1.82) is 0 Å². The Bertz CT molecular complexity index is 651. The molecule has 0 aliphatic heterocycles. The van der Waals surface area contributed by atoms with Gasteiger partial charge in [-0.3, -0.25) is 14.8 Å². The molecule has 1 heterocycles. The number of nitro groups is 1. The molecule has 0 atom stereocenters. The smallest absolute Gasteiger partial charge is 0.279 e. The maximum Gasteiger partial charge on any atom is 0.279 e. The number of halogens is 1. The summed E-state index contributed by atoms with van der Waals surface area (Å²) in [6, 6.07) is 3.30. The van der Waals surface area contributed by atoms with E-state index < -0.39 is 10.7 Å². The lowest BCUT2D eigenvalue weighted by Gasteiger charge is -2.02. The highest BCUT2D eigenvalue weighted by Crippen LogP contribution is 2.34. The second kappa shape index (κ2) is 4.68. The Morgan fingerprint density at radius 1 is 1.53 bits per heavy atom. The zero-order chi connectivity index (χ0) is 14.2. The van der Waals surface area contributed by atoms with Gasteiger partial charge in [-0.1, -0.05) is 6.92 Å². The highest BCUT2D eigenvalue weighted by Gasteiger charge is 2.22. The van der Waals surface area contributed by atoms with Crippen molar-refractivity contribution in [3.63, 3.8) is 0 Å². The molecule has 0 saturated carbocycles. The van der Waals surface area contributed by atoms with Crippen molar-refractivity contribution in [1.82, 2.24) is 9.78 Å². The molecular formula is C12H13FN4O2. The van der Waals surface area contributed by atoms with Crippen LogP contribution in [0, 0.1) is 15.9 Å². The van der Waals surface area contributed by atoms with E-state index in [4.69, 9.17) is 5.73 Å². The highest BCUT2D eigenvalue weighted by molar-refractivity contribution is 5.76. The summed E-state index contributed by atoms with van der Waals surface area (Å²) in [5.41, 5.74) is 6.85. The summed E-state index contributed by atoms with van der Waals surface area (Å²) in [5.74, 6) is -0.122. The van der Waals surface area contributed by atoms with Crippen LogP contribution in [0.3, 0.4) is 0 Å². The van der Waals surface area contributed by atoms with Crippen LogP contribution in [0.5, 0.6) is 0 Å². The Morgan fingerprint density at radius 3 is 2.79 bits per heavy atom. The van der Waals surface area contributed by atoms with E-state index in [-0.39, 0.29) is 11.3 Å². The molecule has 7 heteroatoms. The predicted molar refractivity (Wildman–Crippen MR) is 69.0 cm³/mol. The number of nitrogens with zero attached hydrogens (tertiary/aromatic N) is 3. The molecule has 0 amide bonds. The molecule has 0 saturated heterocycles. The standard InChI is InChI=1S/C12H13FN4O2/c1-3-8-11(15-16(2)12(8)14)9-6-7(13)4-5-10(9)17(18)19/h4-6H,3,14H2,1-2H3. The van der Waals surface area contributed by atoms with E-state index in [1.165, 1.54) is 4.68 Å². The number of aryl methyl sites for hydroxylation is 1. The summed E-state index contributed by atoms with van der Waals surface area (Å²) in [6.45, 7) is 1.86. The average Bonchev–Trinajstić information content (AvgIpc) is 2.64. The van der Waals surface area contributed by atoms with Gasteiger partial charge in [0.2, 0.25) is 0 Å². The van der Waals surface area contributed by atoms with E-state index in [1.807, 2.05) is 6.92 Å². The second-order valence-electron chi connectivity index (χ2n) is 4.11. The Kier molecular flexibility index (Phi) is 3.20. The van der Waals surface area contributed by atoms with Crippen LogP contribution in [0.15, 0.2) is 18.2 Å². The van der Waals surface area contributed by atoms with Gasteiger partial charge in [0.1, 0.15) is 17.3 Å². The molecule has 0 spiro atoms. The van der Waals surface area contributed by atoms with Gasteiger partial charge in [-0.25, -0.2) is 4.39 Å². The molecule has 2 N–H and O–H groups in total. The van der Waals surface area contributed by atoms with Crippen LogP contribution in [-0.2, 0) is 13.5 Å². The van der Waals surface area contributed by atoms with E-state index in [1.54, 1.807) is 7.05 Å². The minimum Gasteiger partial charge on any atom is -0.384 e. The van der Waals surface area contributed by atoms with Crippen LogP contribution in [0.2, 0.25) is 0 Å². The van der Waals surface area contributed by atoms with Crippen molar-refractivity contribution in [3.05, 3.63) is 39.7 Å². The van der Waals surface area contributed by atoms with E-state index in [0.717, 1.165) is 18.2 Å². The largest absolute Gasteiger partial charge is 0.384 e. The number of hydrogen-bond acceptors (Lipinski definition) is 4. The van der Waals surface area contributed by atoms with Gasteiger partial charge in [-0.15, -0.1) is 0 Å². The Balaban J connectivity index is 2.74. The van der Waals surface area contributed by atoms with Crippen molar-refractivity contribution in [2.24, 2.45) is 7.05 Å². The molecule has 6 nitrogen and oxygen atoms in total. The molecule has 100 valence electrons. The Hall–Kier alpha value is -2.44.